The van der Waals surface area contributed by atoms with E-state index >= 15 is 0 Å². The van der Waals surface area contributed by atoms with Gasteiger partial charge in [-0.3, -0.25) is 4.79 Å². The molecule has 1 rings (SSSR count). The number of aliphatic hydroxyl groups excluding tert-OH is 1. The van der Waals surface area contributed by atoms with Gasteiger partial charge < -0.3 is 10.4 Å². The van der Waals surface area contributed by atoms with E-state index in [4.69, 9.17) is 0 Å². The zero-order valence-electron chi connectivity index (χ0n) is 11.4. The maximum atomic E-state index is 11.7. The molecule has 0 saturated heterocycles. The van der Waals surface area contributed by atoms with E-state index in [2.05, 4.69) is 5.32 Å². The molecule has 100 valence electrons. The summed E-state index contributed by atoms with van der Waals surface area (Å²) in [6, 6.07) is 7.71. The van der Waals surface area contributed by atoms with Gasteiger partial charge in [-0.05, 0) is 24.0 Å². The van der Waals surface area contributed by atoms with Crippen LogP contribution >= 0.6 is 11.8 Å². The molecule has 1 aromatic carbocycles. The zero-order chi connectivity index (χ0) is 13.8. The van der Waals surface area contributed by atoms with Gasteiger partial charge in [-0.1, -0.05) is 32.9 Å². The summed E-state index contributed by atoms with van der Waals surface area (Å²) in [6.07, 6.45) is 1.35. The lowest BCUT2D eigenvalue weighted by atomic mass is 9.95. The highest BCUT2D eigenvalue weighted by Gasteiger charge is 2.21. The van der Waals surface area contributed by atoms with Gasteiger partial charge in [0, 0.05) is 16.9 Å². The SMILES string of the molecule is CSc1ccc(C(O)CNC(=O)C(C)(C)C)cc1. The van der Waals surface area contributed by atoms with Crippen molar-refractivity contribution < 1.29 is 9.90 Å². The summed E-state index contributed by atoms with van der Waals surface area (Å²) in [5, 5.41) is 12.7. The Morgan fingerprint density at radius 1 is 1.33 bits per heavy atom. The van der Waals surface area contributed by atoms with Crippen molar-refractivity contribution in [2.45, 2.75) is 31.8 Å². The second kappa shape index (κ2) is 6.25. The van der Waals surface area contributed by atoms with Crippen molar-refractivity contribution in [3.05, 3.63) is 29.8 Å². The minimum Gasteiger partial charge on any atom is -0.387 e. The highest BCUT2D eigenvalue weighted by molar-refractivity contribution is 7.98. The van der Waals surface area contributed by atoms with E-state index in [9.17, 15) is 9.90 Å². The molecule has 0 aromatic heterocycles. The van der Waals surface area contributed by atoms with Gasteiger partial charge in [-0.15, -0.1) is 11.8 Å². The van der Waals surface area contributed by atoms with E-state index < -0.39 is 11.5 Å². The van der Waals surface area contributed by atoms with Crippen molar-refractivity contribution >= 4 is 17.7 Å². The number of carbonyl (C=O) groups excluding carboxylic acids is 1. The second-order valence-electron chi connectivity index (χ2n) is 5.25. The van der Waals surface area contributed by atoms with Crippen LogP contribution in [0.2, 0.25) is 0 Å². The molecule has 1 aromatic rings. The van der Waals surface area contributed by atoms with Gasteiger partial charge in [0.2, 0.25) is 5.91 Å². The molecule has 0 bridgehead atoms. The number of nitrogens with one attached hydrogen (secondary N) is 1. The van der Waals surface area contributed by atoms with Crippen molar-refractivity contribution in [1.29, 1.82) is 0 Å². The van der Waals surface area contributed by atoms with Crippen LogP contribution < -0.4 is 5.32 Å². The first-order valence-corrected chi connectivity index (χ1v) is 7.17. The van der Waals surface area contributed by atoms with E-state index in [0.717, 1.165) is 10.5 Å². The molecule has 0 spiro atoms. The number of hydrogen-bond acceptors (Lipinski definition) is 3. The highest BCUT2D eigenvalue weighted by atomic mass is 32.2. The summed E-state index contributed by atoms with van der Waals surface area (Å²) in [6.45, 7) is 5.79. The van der Waals surface area contributed by atoms with Crippen molar-refractivity contribution in [2.24, 2.45) is 5.41 Å². The molecule has 0 aliphatic rings. The molecule has 0 fully saturated rings. The minimum atomic E-state index is -0.660. The summed E-state index contributed by atoms with van der Waals surface area (Å²) in [4.78, 5) is 12.8. The number of hydrogen-bond donors (Lipinski definition) is 2. The summed E-state index contributed by atoms with van der Waals surface area (Å²) in [5.41, 5.74) is 0.393. The molecule has 0 aliphatic carbocycles. The van der Waals surface area contributed by atoms with Gasteiger partial charge in [0.25, 0.3) is 0 Å². The quantitative estimate of drug-likeness (QED) is 0.824. The fourth-order valence-electron chi connectivity index (χ4n) is 1.40. The lowest BCUT2D eigenvalue weighted by Gasteiger charge is -2.19. The third kappa shape index (κ3) is 4.35. The number of thioether (sulfide) groups is 1. The topological polar surface area (TPSA) is 49.3 Å². The maximum absolute atomic E-state index is 11.7. The third-order valence-corrected chi connectivity index (χ3v) is 3.38. The van der Waals surface area contributed by atoms with Gasteiger partial charge >= 0.3 is 0 Å². The van der Waals surface area contributed by atoms with Crippen LogP contribution in [-0.2, 0) is 4.79 Å². The first kappa shape index (κ1) is 15.1. The fourth-order valence-corrected chi connectivity index (χ4v) is 1.81. The van der Waals surface area contributed by atoms with E-state index in [1.54, 1.807) is 11.8 Å². The largest absolute Gasteiger partial charge is 0.387 e. The summed E-state index contributed by atoms with van der Waals surface area (Å²) < 4.78 is 0. The molecule has 1 unspecified atom stereocenters. The first-order valence-electron chi connectivity index (χ1n) is 5.95. The molecule has 0 heterocycles. The highest BCUT2D eigenvalue weighted by Crippen LogP contribution is 2.19. The van der Waals surface area contributed by atoms with Crippen molar-refractivity contribution in [1.82, 2.24) is 5.32 Å². The fraction of sp³-hybridized carbons (Fsp3) is 0.500. The number of rotatable bonds is 4. The molecular weight excluding hydrogens is 246 g/mol. The molecule has 1 amide bonds. The molecule has 0 aliphatic heterocycles. The number of benzene rings is 1. The van der Waals surface area contributed by atoms with E-state index in [1.165, 1.54) is 0 Å². The van der Waals surface area contributed by atoms with Gasteiger partial charge in [0.05, 0.1) is 6.10 Å². The molecule has 0 saturated carbocycles. The Morgan fingerprint density at radius 3 is 2.33 bits per heavy atom. The Hall–Kier alpha value is -1.00. The lowest BCUT2D eigenvalue weighted by molar-refractivity contribution is -0.128. The van der Waals surface area contributed by atoms with Gasteiger partial charge in [-0.2, -0.15) is 0 Å². The van der Waals surface area contributed by atoms with E-state index in [0.29, 0.717) is 0 Å². The van der Waals surface area contributed by atoms with Crippen molar-refractivity contribution in [3.63, 3.8) is 0 Å². The predicted octanol–water partition coefficient (Wildman–Crippen LogP) is 2.60. The van der Waals surface area contributed by atoms with E-state index in [1.807, 2.05) is 51.3 Å². The van der Waals surface area contributed by atoms with Gasteiger partial charge in [0.1, 0.15) is 0 Å². The Labute approximate surface area is 113 Å². The zero-order valence-corrected chi connectivity index (χ0v) is 12.2. The van der Waals surface area contributed by atoms with Crippen molar-refractivity contribution in [2.75, 3.05) is 12.8 Å². The average Bonchev–Trinajstić information content (AvgIpc) is 2.34. The van der Waals surface area contributed by atoms with Gasteiger partial charge in [0.15, 0.2) is 0 Å². The molecule has 18 heavy (non-hydrogen) atoms. The molecule has 0 radical (unpaired) electrons. The Balaban J connectivity index is 2.55. The van der Waals surface area contributed by atoms with Crippen LogP contribution in [0.1, 0.15) is 32.4 Å². The summed E-state index contributed by atoms with van der Waals surface area (Å²) in [7, 11) is 0. The second-order valence-corrected chi connectivity index (χ2v) is 6.13. The summed E-state index contributed by atoms with van der Waals surface area (Å²) in [5.74, 6) is -0.0534. The van der Waals surface area contributed by atoms with E-state index in [-0.39, 0.29) is 12.5 Å². The average molecular weight is 267 g/mol. The molecule has 1 atom stereocenters. The Bertz CT molecular complexity index is 395. The third-order valence-electron chi connectivity index (χ3n) is 2.64. The molecular formula is C14H21NO2S. The number of carbonyl (C=O) groups is 1. The normalized spacial score (nSPS) is 13.2. The standard InChI is InChI=1S/C14H21NO2S/c1-14(2,3)13(17)15-9-12(16)10-5-7-11(18-4)8-6-10/h5-8,12,16H,9H2,1-4H3,(H,15,17). The predicted molar refractivity (Wildman–Crippen MR) is 75.6 cm³/mol. The molecule has 2 N–H and O–H groups in total. The minimum absolute atomic E-state index is 0.0534. The van der Waals surface area contributed by atoms with Crippen LogP contribution in [0.3, 0.4) is 0 Å². The number of aliphatic hydroxyl groups is 1. The van der Waals surface area contributed by atoms with Crippen molar-refractivity contribution in [3.8, 4) is 0 Å². The van der Waals surface area contributed by atoms with Crippen LogP contribution in [-0.4, -0.2) is 23.8 Å². The Kier molecular flexibility index (Phi) is 5.23. The summed E-state index contributed by atoms with van der Waals surface area (Å²) >= 11 is 1.66. The maximum Gasteiger partial charge on any atom is 0.225 e. The van der Waals surface area contributed by atoms with Crippen LogP contribution in [0.25, 0.3) is 0 Å². The lowest BCUT2D eigenvalue weighted by Crippen LogP contribution is -2.37. The number of amides is 1. The first-order chi connectivity index (χ1) is 8.34. The monoisotopic (exact) mass is 267 g/mol. The smallest absolute Gasteiger partial charge is 0.225 e. The van der Waals surface area contributed by atoms with Crippen LogP contribution in [0.15, 0.2) is 29.2 Å². The molecule has 3 nitrogen and oxygen atoms in total. The Morgan fingerprint density at radius 2 is 1.89 bits per heavy atom. The van der Waals surface area contributed by atoms with Crippen LogP contribution in [0, 0.1) is 5.41 Å². The molecule has 4 heteroatoms. The van der Waals surface area contributed by atoms with Crippen LogP contribution in [0.4, 0.5) is 0 Å². The van der Waals surface area contributed by atoms with Gasteiger partial charge in [-0.25, -0.2) is 0 Å². The van der Waals surface area contributed by atoms with Crippen LogP contribution in [0.5, 0.6) is 0 Å².